The molecule has 0 aliphatic carbocycles. The summed E-state index contributed by atoms with van der Waals surface area (Å²) in [5, 5.41) is 7.66. The molecular weight excluding hydrogens is 274 g/mol. The summed E-state index contributed by atoms with van der Waals surface area (Å²) < 4.78 is 10.9. The molecule has 1 aromatic rings. The lowest BCUT2D eigenvalue weighted by Crippen LogP contribution is -2.28. The zero-order valence-electron chi connectivity index (χ0n) is 9.70. The number of hydrogen-bond acceptors (Lipinski definition) is 4. The van der Waals surface area contributed by atoms with E-state index in [0.717, 1.165) is 5.56 Å². The summed E-state index contributed by atoms with van der Waals surface area (Å²) >= 11 is 11.0. The van der Waals surface area contributed by atoms with Crippen molar-refractivity contribution >= 4 is 35.1 Å². The van der Waals surface area contributed by atoms with Crippen LogP contribution in [0.1, 0.15) is 5.56 Å². The van der Waals surface area contributed by atoms with Crippen LogP contribution >= 0.6 is 23.8 Å². The number of halogens is 1. The lowest BCUT2D eigenvalue weighted by molar-refractivity contribution is 0.171. The number of hydrogen-bond donors (Lipinski definition) is 2. The Labute approximate surface area is 115 Å². The van der Waals surface area contributed by atoms with E-state index in [-0.39, 0.29) is 0 Å². The molecule has 96 valence electrons. The molecule has 0 atom stereocenters. The zero-order chi connectivity index (χ0) is 13.0. The van der Waals surface area contributed by atoms with Crippen LogP contribution in [-0.2, 0) is 0 Å². The maximum absolute atomic E-state index is 6.09. The molecule has 0 fully saturated rings. The number of nitrogens with one attached hydrogen (secondary N) is 2. The minimum absolute atomic E-state index is 0.440. The van der Waals surface area contributed by atoms with Crippen molar-refractivity contribution in [1.82, 2.24) is 10.7 Å². The van der Waals surface area contributed by atoms with Gasteiger partial charge in [0.2, 0.25) is 0 Å². The normalized spacial score (nSPS) is 13.4. The molecule has 0 saturated heterocycles. The van der Waals surface area contributed by atoms with E-state index in [2.05, 4.69) is 15.8 Å². The second-order valence-corrected chi connectivity index (χ2v) is 4.29. The lowest BCUT2D eigenvalue weighted by Gasteiger charge is -2.19. The molecule has 0 saturated carbocycles. The Morgan fingerprint density at radius 1 is 1.44 bits per heavy atom. The number of thiocarbonyl (C=S) groups is 1. The third kappa shape index (κ3) is 3.02. The van der Waals surface area contributed by atoms with Crippen molar-refractivity contribution in [3.8, 4) is 11.5 Å². The number of rotatable bonds is 2. The van der Waals surface area contributed by atoms with Crippen LogP contribution in [0.25, 0.3) is 0 Å². The van der Waals surface area contributed by atoms with Crippen molar-refractivity contribution in [1.29, 1.82) is 0 Å². The van der Waals surface area contributed by atoms with Crippen LogP contribution in [0.3, 0.4) is 0 Å². The van der Waals surface area contributed by atoms with E-state index in [4.69, 9.17) is 33.3 Å². The quantitative estimate of drug-likeness (QED) is 0.490. The molecule has 0 bridgehead atoms. The van der Waals surface area contributed by atoms with E-state index in [1.54, 1.807) is 19.3 Å². The van der Waals surface area contributed by atoms with E-state index in [0.29, 0.717) is 34.8 Å². The van der Waals surface area contributed by atoms with E-state index < -0.39 is 0 Å². The highest BCUT2D eigenvalue weighted by Gasteiger charge is 2.15. The van der Waals surface area contributed by atoms with Gasteiger partial charge in [0.05, 0.1) is 11.2 Å². The van der Waals surface area contributed by atoms with Gasteiger partial charge in [0.25, 0.3) is 0 Å². The molecule has 5 nitrogen and oxygen atoms in total. The van der Waals surface area contributed by atoms with Crippen LogP contribution in [0.15, 0.2) is 17.2 Å². The first kappa shape index (κ1) is 12.9. The third-order valence-electron chi connectivity index (χ3n) is 2.23. The van der Waals surface area contributed by atoms with Gasteiger partial charge in [-0.05, 0) is 29.9 Å². The predicted octanol–water partition coefficient (Wildman–Crippen LogP) is 1.54. The minimum atomic E-state index is 0.440. The Kier molecular flexibility index (Phi) is 4.22. The van der Waals surface area contributed by atoms with Gasteiger partial charge >= 0.3 is 0 Å². The number of ether oxygens (including phenoxy) is 2. The smallest absolute Gasteiger partial charge is 0.186 e. The molecule has 1 aliphatic rings. The summed E-state index contributed by atoms with van der Waals surface area (Å²) in [6, 6.07) is 3.57. The Morgan fingerprint density at radius 2 is 2.22 bits per heavy atom. The lowest BCUT2D eigenvalue weighted by atomic mass is 10.2. The first-order valence-electron chi connectivity index (χ1n) is 5.30. The van der Waals surface area contributed by atoms with Crippen LogP contribution in [-0.4, -0.2) is 31.6 Å². The van der Waals surface area contributed by atoms with Crippen LogP contribution in [0.4, 0.5) is 0 Å². The molecule has 18 heavy (non-hydrogen) atoms. The molecule has 1 heterocycles. The fourth-order valence-corrected chi connectivity index (χ4v) is 1.75. The fraction of sp³-hybridized carbons (Fsp3) is 0.273. The maximum Gasteiger partial charge on any atom is 0.186 e. The molecule has 0 aromatic heterocycles. The minimum Gasteiger partial charge on any atom is -0.486 e. The SMILES string of the molecule is CNC(=S)N/N=C\c1cc(Cl)c2c(c1)OCCO2. The Morgan fingerprint density at radius 3 is 3.00 bits per heavy atom. The third-order valence-corrected chi connectivity index (χ3v) is 2.80. The summed E-state index contributed by atoms with van der Waals surface area (Å²) in [7, 11) is 1.71. The molecule has 7 heteroatoms. The largest absolute Gasteiger partial charge is 0.486 e. The Bertz CT molecular complexity index is 493. The van der Waals surface area contributed by atoms with Crippen molar-refractivity contribution in [3.05, 3.63) is 22.7 Å². The van der Waals surface area contributed by atoms with E-state index >= 15 is 0 Å². The van der Waals surface area contributed by atoms with Gasteiger partial charge in [-0.3, -0.25) is 5.43 Å². The second-order valence-electron chi connectivity index (χ2n) is 3.48. The summed E-state index contributed by atoms with van der Waals surface area (Å²) in [4.78, 5) is 0. The second kappa shape index (κ2) is 5.88. The first-order chi connectivity index (χ1) is 8.70. The standard InChI is InChI=1S/C11H12ClN3O2S/c1-13-11(18)15-14-6-7-4-8(12)10-9(5-7)16-2-3-17-10/h4-6H,2-3H2,1H3,(H2,13,15,18)/b14-6-. The molecule has 1 aromatic carbocycles. The van der Waals surface area contributed by atoms with Gasteiger partial charge in [0.15, 0.2) is 16.6 Å². The van der Waals surface area contributed by atoms with Crippen LogP contribution < -0.4 is 20.2 Å². The van der Waals surface area contributed by atoms with Crippen molar-refractivity contribution < 1.29 is 9.47 Å². The molecule has 0 radical (unpaired) electrons. The predicted molar refractivity (Wildman–Crippen MR) is 74.8 cm³/mol. The summed E-state index contributed by atoms with van der Waals surface area (Å²) in [5.41, 5.74) is 3.46. The molecule has 0 amide bonds. The molecule has 1 aliphatic heterocycles. The van der Waals surface area contributed by atoms with Gasteiger partial charge in [-0.25, -0.2) is 0 Å². The topological polar surface area (TPSA) is 54.9 Å². The van der Waals surface area contributed by atoms with Gasteiger partial charge < -0.3 is 14.8 Å². The highest BCUT2D eigenvalue weighted by Crippen LogP contribution is 2.37. The van der Waals surface area contributed by atoms with Gasteiger partial charge in [0, 0.05) is 7.05 Å². The molecule has 0 unspecified atom stereocenters. The molecular formula is C11H12ClN3O2S. The Hall–Kier alpha value is -1.53. The van der Waals surface area contributed by atoms with Crippen molar-refractivity contribution in [2.45, 2.75) is 0 Å². The molecule has 2 N–H and O–H groups in total. The van der Waals surface area contributed by atoms with Crippen LogP contribution in [0, 0.1) is 0 Å². The summed E-state index contributed by atoms with van der Waals surface area (Å²) in [6.45, 7) is 1.03. The number of hydrazone groups is 1. The molecule has 0 spiro atoms. The Balaban J connectivity index is 2.14. The molecule has 2 rings (SSSR count). The average Bonchev–Trinajstić information content (AvgIpc) is 2.38. The average molecular weight is 286 g/mol. The van der Waals surface area contributed by atoms with Crippen LogP contribution in [0.5, 0.6) is 11.5 Å². The summed E-state index contributed by atoms with van der Waals surface area (Å²) in [5.74, 6) is 1.21. The highest BCUT2D eigenvalue weighted by atomic mass is 35.5. The summed E-state index contributed by atoms with van der Waals surface area (Å²) in [6.07, 6.45) is 1.60. The van der Waals surface area contributed by atoms with Gasteiger partial charge in [-0.1, -0.05) is 11.6 Å². The zero-order valence-corrected chi connectivity index (χ0v) is 11.3. The van der Waals surface area contributed by atoms with Gasteiger partial charge in [-0.2, -0.15) is 5.10 Å². The van der Waals surface area contributed by atoms with Crippen molar-refractivity contribution in [3.63, 3.8) is 0 Å². The first-order valence-corrected chi connectivity index (χ1v) is 6.09. The number of nitrogens with zero attached hydrogens (tertiary/aromatic N) is 1. The van der Waals surface area contributed by atoms with E-state index in [1.165, 1.54) is 0 Å². The van der Waals surface area contributed by atoms with Crippen molar-refractivity contribution in [2.75, 3.05) is 20.3 Å². The van der Waals surface area contributed by atoms with E-state index in [1.807, 2.05) is 6.07 Å². The van der Waals surface area contributed by atoms with Crippen molar-refractivity contribution in [2.24, 2.45) is 5.10 Å². The monoisotopic (exact) mass is 285 g/mol. The maximum atomic E-state index is 6.09. The number of fused-ring (bicyclic) bond motifs is 1. The fourth-order valence-electron chi connectivity index (χ4n) is 1.43. The number of benzene rings is 1. The van der Waals surface area contributed by atoms with Gasteiger partial charge in [-0.15, -0.1) is 0 Å². The van der Waals surface area contributed by atoms with Crippen LogP contribution in [0.2, 0.25) is 5.02 Å². The van der Waals surface area contributed by atoms with E-state index in [9.17, 15) is 0 Å². The van der Waals surface area contributed by atoms with Gasteiger partial charge in [0.1, 0.15) is 13.2 Å². The highest BCUT2D eigenvalue weighted by molar-refractivity contribution is 7.80.